The van der Waals surface area contributed by atoms with Gasteiger partial charge in [0, 0.05) is 24.1 Å². The van der Waals surface area contributed by atoms with Crippen LogP contribution in [-0.4, -0.2) is 32.4 Å². The lowest BCUT2D eigenvalue weighted by Gasteiger charge is -2.14. The van der Waals surface area contributed by atoms with Gasteiger partial charge in [-0.2, -0.15) is 5.10 Å². The number of hydrogen-bond acceptors (Lipinski definition) is 3. The van der Waals surface area contributed by atoms with Gasteiger partial charge in [-0.3, -0.25) is 0 Å². The first-order valence-corrected chi connectivity index (χ1v) is 15.9. The predicted octanol–water partition coefficient (Wildman–Crippen LogP) is 8.96. The number of carbonyl (C=O) groups is 1. The van der Waals surface area contributed by atoms with E-state index in [4.69, 9.17) is 11.6 Å². The van der Waals surface area contributed by atoms with E-state index >= 15 is 0 Å². The summed E-state index contributed by atoms with van der Waals surface area (Å²) in [5, 5.41) is 15.7. The molecule has 40 heavy (non-hydrogen) atoms. The molecule has 0 fully saturated rings. The summed E-state index contributed by atoms with van der Waals surface area (Å²) in [5.41, 5.74) is 3.26. The third-order valence-electron chi connectivity index (χ3n) is 7.42. The van der Waals surface area contributed by atoms with Crippen LogP contribution in [0.5, 0.6) is 0 Å². The molecule has 3 N–H and O–H groups in total. The molecule has 2 amide bonds. The van der Waals surface area contributed by atoms with Gasteiger partial charge in [0.1, 0.15) is 5.02 Å². The highest BCUT2D eigenvalue weighted by Crippen LogP contribution is 2.31. The number of H-pyrrole nitrogens is 1. The SMILES string of the molecule is CCCCCCCCCCCCCCCCNC(=O)NCc1cccc(-c2nn3nc(C(C)(C)C)c(Cl)c3[nH]2)c1. The summed E-state index contributed by atoms with van der Waals surface area (Å²) in [5.74, 6) is 0.689. The van der Waals surface area contributed by atoms with Crippen molar-refractivity contribution in [3.8, 4) is 11.4 Å². The zero-order chi connectivity index (χ0) is 28.8. The minimum Gasteiger partial charge on any atom is -0.338 e. The van der Waals surface area contributed by atoms with E-state index in [1.54, 1.807) is 4.63 Å². The van der Waals surface area contributed by atoms with Gasteiger partial charge in [0.25, 0.3) is 0 Å². The molecule has 0 aliphatic carbocycles. The van der Waals surface area contributed by atoms with Crippen molar-refractivity contribution < 1.29 is 4.79 Å². The number of nitrogens with one attached hydrogen (secondary N) is 3. The molecule has 222 valence electrons. The van der Waals surface area contributed by atoms with Gasteiger partial charge in [-0.05, 0) is 18.1 Å². The van der Waals surface area contributed by atoms with Crippen LogP contribution < -0.4 is 10.6 Å². The number of unbranched alkanes of at least 4 members (excludes halogenated alkanes) is 13. The summed E-state index contributed by atoms with van der Waals surface area (Å²) < 4.78 is 1.56. The molecular formula is C32H51ClN6O. The average molecular weight is 571 g/mol. The molecule has 0 aliphatic rings. The minimum absolute atomic E-state index is 0.127. The average Bonchev–Trinajstić information content (AvgIpc) is 3.49. The second-order valence-corrected chi connectivity index (χ2v) is 12.5. The van der Waals surface area contributed by atoms with Gasteiger partial charge in [-0.15, -0.1) is 9.73 Å². The molecule has 2 aromatic heterocycles. The van der Waals surface area contributed by atoms with E-state index in [1.807, 2.05) is 24.3 Å². The van der Waals surface area contributed by atoms with Crippen molar-refractivity contribution in [2.75, 3.05) is 6.54 Å². The van der Waals surface area contributed by atoms with Crippen molar-refractivity contribution in [1.82, 2.24) is 30.4 Å². The molecule has 3 rings (SSSR count). The van der Waals surface area contributed by atoms with Crippen LogP contribution in [0.3, 0.4) is 0 Å². The summed E-state index contributed by atoms with van der Waals surface area (Å²) in [7, 11) is 0. The number of nitrogens with zero attached hydrogens (tertiary/aromatic N) is 3. The molecule has 0 saturated carbocycles. The fourth-order valence-electron chi connectivity index (χ4n) is 5.00. The smallest absolute Gasteiger partial charge is 0.315 e. The number of aromatic nitrogens is 4. The standard InChI is InChI=1S/C32H51ClN6O/c1-5-6-7-8-9-10-11-12-13-14-15-16-17-18-22-34-31(40)35-24-25-20-19-21-26(23-25)29-36-30-27(33)28(32(2,3)4)37-39(30)38-29/h19-21,23H,5-18,22,24H2,1-4H3,(H,36,38)(H2,34,35,40). The zero-order valence-electron chi connectivity index (χ0n) is 25.3. The maximum Gasteiger partial charge on any atom is 0.315 e. The Labute approximate surface area is 246 Å². The number of benzene rings is 1. The lowest BCUT2D eigenvalue weighted by atomic mass is 9.92. The Morgan fingerprint density at radius 2 is 1.48 bits per heavy atom. The Morgan fingerprint density at radius 1 is 0.875 bits per heavy atom. The summed E-state index contributed by atoms with van der Waals surface area (Å²) in [4.78, 5) is 15.6. The molecule has 3 aromatic rings. The molecule has 1 aromatic carbocycles. The van der Waals surface area contributed by atoms with Crippen molar-refractivity contribution >= 4 is 23.3 Å². The summed E-state index contributed by atoms with van der Waals surface area (Å²) in [6.07, 6.45) is 18.7. The quantitative estimate of drug-likeness (QED) is 0.133. The molecular weight excluding hydrogens is 520 g/mol. The van der Waals surface area contributed by atoms with Crippen molar-refractivity contribution in [2.24, 2.45) is 0 Å². The van der Waals surface area contributed by atoms with Crippen LogP contribution in [0.15, 0.2) is 24.3 Å². The minimum atomic E-state index is -0.162. The summed E-state index contributed by atoms with van der Waals surface area (Å²) >= 11 is 6.57. The highest BCUT2D eigenvalue weighted by atomic mass is 35.5. The molecule has 7 nitrogen and oxygen atoms in total. The van der Waals surface area contributed by atoms with Crippen LogP contribution >= 0.6 is 11.6 Å². The van der Waals surface area contributed by atoms with Crippen molar-refractivity contribution in [1.29, 1.82) is 0 Å². The Morgan fingerprint density at radius 3 is 2.05 bits per heavy atom. The first-order chi connectivity index (χ1) is 19.3. The van der Waals surface area contributed by atoms with Crippen molar-refractivity contribution in [3.05, 3.63) is 40.5 Å². The largest absolute Gasteiger partial charge is 0.338 e. The Hall–Kier alpha value is -2.54. The maximum atomic E-state index is 12.3. The van der Waals surface area contributed by atoms with Crippen LogP contribution in [0.25, 0.3) is 17.0 Å². The van der Waals surface area contributed by atoms with Gasteiger partial charge in [0.2, 0.25) is 0 Å². The maximum absolute atomic E-state index is 12.3. The molecule has 2 heterocycles. The third-order valence-corrected chi connectivity index (χ3v) is 7.78. The summed E-state index contributed by atoms with van der Waals surface area (Å²) in [6, 6.07) is 7.83. The Kier molecular flexibility index (Phi) is 13.3. The van der Waals surface area contributed by atoms with E-state index in [0.29, 0.717) is 29.6 Å². The van der Waals surface area contributed by atoms with Crippen LogP contribution in [0.1, 0.15) is 129 Å². The molecule has 0 aliphatic heterocycles. The number of fused-ring (bicyclic) bond motifs is 1. The molecule has 0 saturated heterocycles. The predicted molar refractivity (Wildman–Crippen MR) is 167 cm³/mol. The van der Waals surface area contributed by atoms with E-state index < -0.39 is 0 Å². The molecule has 0 atom stereocenters. The monoisotopic (exact) mass is 570 g/mol. The second kappa shape index (κ2) is 16.7. The Bertz CT molecular complexity index is 1160. The van der Waals surface area contributed by atoms with Crippen LogP contribution in [-0.2, 0) is 12.0 Å². The van der Waals surface area contributed by atoms with Gasteiger partial charge in [0.05, 0.1) is 5.69 Å². The zero-order valence-corrected chi connectivity index (χ0v) is 26.0. The van der Waals surface area contributed by atoms with Crippen LogP contribution in [0.2, 0.25) is 5.02 Å². The first-order valence-electron chi connectivity index (χ1n) is 15.6. The number of aromatic amines is 1. The van der Waals surface area contributed by atoms with Gasteiger partial charge < -0.3 is 15.6 Å². The Balaban J connectivity index is 1.26. The number of carbonyl (C=O) groups excluding carboxylic acids is 1. The van der Waals surface area contributed by atoms with Crippen LogP contribution in [0, 0.1) is 0 Å². The number of amides is 2. The fraction of sp³-hybridized carbons (Fsp3) is 0.656. The van der Waals surface area contributed by atoms with Crippen molar-refractivity contribution in [3.63, 3.8) is 0 Å². The number of urea groups is 1. The summed E-state index contributed by atoms with van der Waals surface area (Å²) in [6.45, 7) is 9.67. The van der Waals surface area contributed by atoms with E-state index in [2.05, 4.69) is 53.5 Å². The number of hydrogen-bond donors (Lipinski definition) is 3. The molecule has 0 radical (unpaired) electrons. The highest BCUT2D eigenvalue weighted by Gasteiger charge is 2.25. The van der Waals surface area contributed by atoms with Crippen LogP contribution in [0.4, 0.5) is 4.79 Å². The van der Waals surface area contributed by atoms with E-state index in [0.717, 1.165) is 23.2 Å². The first kappa shape index (κ1) is 32.0. The van der Waals surface area contributed by atoms with E-state index in [1.165, 1.54) is 83.5 Å². The molecule has 0 spiro atoms. The van der Waals surface area contributed by atoms with Gasteiger partial charge in [-0.1, -0.05) is 141 Å². The normalized spacial score (nSPS) is 11.8. The molecule has 8 heteroatoms. The lowest BCUT2D eigenvalue weighted by molar-refractivity contribution is 0.240. The topological polar surface area (TPSA) is 87.1 Å². The van der Waals surface area contributed by atoms with Gasteiger partial charge in [-0.25, -0.2) is 4.79 Å². The number of halogens is 1. The number of rotatable bonds is 18. The van der Waals surface area contributed by atoms with E-state index in [-0.39, 0.29) is 11.4 Å². The lowest BCUT2D eigenvalue weighted by Crippen LogP contribution is -2.35. The fourth-order valence-corrected chi connectivity index (χ4v) is 5.45. The molecule has 0 bridgehead atoms. The van der Waals surface area contributed by atoms with E-state index in [9.17, 15) is 4.79 Å². The molecule has 0 unspecified atom stereocenters. The third kappa shape index (κ3) is 10.5. The van der Waals surface area contributed by atoms with Gasteiger partial charge >= 0.3 is 6.03 Å². The van der Waals surface area contributed by atoms with Crippen molar-refractivity contribution in [2.45, 2.75) is 130 Å². The highest BCUT2D eigenvalue weighted by molar-refractivity contribution is 6.34. The van der Waals surface area contributed by atoms with Gasteiger partial charge in [0.15, 0.2) is 11.5 Å². The second-order valence-electron chi connectivity index (χ2n) is 12.1.